The maximum absolute atomic E-state index is 5.70. The van der Waals surface area contributed by atoms with Gasteiger partial charge >= 0.3 is 0 Å². The van der Waals surface area contributed by atoms with E-state index >= 15 is 0 Å². The van der Waals surface area contributed by atoms with Crippen molar-refractivity contribution in [3.05, 3.63) is 72.4 Å². The van der Waals surface area contributed by atoms with Crippen molar-refractivity contribution in [1.82, 2.24) is 15.1 Å². The lowest BCUT2D eigenvalue weighted by atomic mass is 10.1. The maximum Gasteiger partial charge on any atom is 0.259 e. The van der Waals surface area contributed by atoms with E-state index in [4.69, 9.17) is 14.0 Å². The Morgan fingerprint density at radius 1 is 0.926 bits per heavy atom. The van der Waals surface area contributed by atoms with Gasteiger partial charge in [0.2, 0.25) is 11.7 Å². The van der Waals surface area contributed by atoms with Crippen LogP contribution in [-0.2, 0) is 6.42 Å². The monoisotopic (exact) mass is 357 g/mol. The van der Waals surface area contributed by atoms with E-state index in [0.29, 0.717) is 17.6 Å². The number of aromatic nitrogens is 3. The van der Waals surface area contributed by atoms with E-state index in [2.05, 4.69) is 15.1 Å². The van der Waals surface area contributed by atoms with Crippen LogP contribution in [0.2, 0.25) is 0 Å². The molecule has 0 fully saturated rings. The lowest BCUT2D eigenvalue weighted by Gasteiger charge is -2.04. The summed E-state index contributed by atoms with van der Waals surface area (Å²) < 4.78 is 16.6. The van der Waals surface area contributed by atoms with Crippen LogP contribution in [0.5, 0.6) is 17.4 Å². The summed E-state index contributed by atoms with van der Waals surface area (Å²) in [6, 6.07) is 19.1. The van der Waals surface area contributed by atoms with Gasteiger partial charge in [0.15, 0.2) is 0 Å². The number of rotatable bonds is 4. The molecule has 0 radical (unpaired) electrons. The molecule has 4 aromatic rings. The molecular formula is C21H15N3O3. The molecule has 2 aromatic carbocycles. The third-order valence-electron chi connectivity index (χ3n) is 4.32. The normalized spacial score (nSPS) is 12.4. The van der Waals surface area contributed by atoms with E-state index in [9.17, 15) is 0 Å². The highest BCUT2D eigenvalue weighted by Gasteiger charge is 2.16. The van der Waals surface area contributed by atoms with Crippen LogP contribution in [0.4, 0.5) is 0 Å². The lowest BCUT2D eigenvalue weighted by molar-refractivity contribution is 0.357. The average molecular weight is 357 g/mol. The quantitative estimate of drug-likeness (QED) is 0.534. The first-order valence-corrected chi connectivity index (χ1v) is 8.64. The summed E-state index contributed by atoms with van der Waals surface area (Å²) in [6.45, 7) is 0.722. The highest BCUT2D eigenvalue weighted by atomic mass is 16.5. The zero-order valence-corrected chi connectivity index (χ0v) is 14.3. The van der Waals surface area contributed by atoms with Gasteiger partial charge in [0.1, 0.15) is 11.5 Å². The zero-order chi connectivity index (χ0) is 18.1. The molecule has 6 heteroatoms. The zero-order valence-electron chi connectivity index (χ0n) is 14.3. The molecule has 0 bridgehead atoms. The van der Waals surface area contributed by atoms with Gasteiger partial charge in [-0.05, 0) is 42.0 Å². The molecule has 0 spiro atoms. The van der Waals surface area contributed by atoms with Crippen LogP contribution in [0.1, 0.15) is 5.56 Å². The van der Waals surface area contributed by atoms with Gasteiger partial charge in [0, 0.05) is 24.2 Å². The standard InChI is InChI=1S/C21H15N3O3/c1-2-4-17(5-3-1)26-19-9-7-16(13-22-19)21-23-20(24-27-21)15-6-8-18-14(12-15)10-11-25-18/h1-9,12-13H,10-11H2. The molecule has 0 N–H and O–H groups in total. The van der Waals surface area contributed by atoms with Crippen molar-refractivity contribution in [1.29, 1.82) is 0 Å². The van der Waals surface area contributed by atoms with Crippen molar-refractivity contribution in [3.63, 3.8) is 0 Å². The number of pyridine rings is 1. The number of hydrogen-bond donors (Lipinski definition) is 0. The van der Waals surface area contributed by atoms with Crippen molar-refractivity contribution in [2.45, 2.75) is 6.42 Å². The molecule has 1 aliphatic heterocycles. The van der Waals surface area contributed by atoms with E-state index in [1.165, 1.54) is 5.56 Å². The lowest BCUT2D eigenvalue weighted by Crippen LogP contribution is -1.88. The Morgan fingerprint density at radius 3 is 2.67 bits per heavy atom. The van der Waals surface area contributed by atoms with Gasteiger partial charge in [-0.1, -0.05) is 23.4 Å². The first kappa shape index (κ1) is 15.6. The minimum Gasteiger partial charge on any atom is -0.493 e. The molecule has 2 aromatic heterocycles. The van der Waals surface area contributed by atoms with Crippen LogP contribution in [0.15, 0.2) is 71.4 Å². The minimum absolute atomic E-state index is 0.417. The fourth-order valence-electron chi connectivity index (χ4n) is 2.96. The van der Waals surface area contributed by atoms with Gasteiger partial charge < -0.3 is 14.0 Å². The second kappa shape index (κ2) is 6.57. The van der Waals surface area contributed by atoms with Crippen LogP contribution in [0, 0.1) is 0 Å². The molecule has 0 saturated carbocycles. The fourth-order valence-corrected chi connectivity index (χ4v) is 2.96. The Balaban J connectivity index is 1.36. The number of nitrogens with zero attached hydrogens (tertiary/aromatic N) is 3. The van der Waals surface area contributed by atoms with E-state index < -0.39 is 0 Å². The van der Waals surface area contributed by atoms with Gasteiger partial charge in [-0.25, -0.2) is 4.98 Å². The number of para-hydroxylation sites is 1. The summed E-state index contributed by atoms with van der Waals surface area (Å²) in [7, 11) is 0. The van der Waals surface area contributed by atoms with Gasteiger partial charge in [-0.3, -0.25) is 0 Å². The second-order valence-electron chi connectivity index (χ2n) is 6.14. The van der Waals surface area contributed by atoms with Crippen LogP contribution in [0.25, 0.3) is 22.8 Å². The number of benzene rings is 2. The summed E-state index contributed by atoms with van der Waals surface area (Å²) >= 11 is 0. The molecule has 27 heavy (non-hydrogen) atoms. The van der Waals surface area contributed by atoms with Gasteiger partial charge in [0.25, 0.3) is 5.89 Å². The molecule has 0 aliphatic carbocycles. The van der Waals surface area contributed by atoms with Crippen molar-refractivity contribution in [2.24, 2.45) is 0 Å². The Bertz CT molecular complexity index is 1080. The Kier molecular flexibility index (Phi) is 3.79. The molecule has 1 aliphatic rings. The van der Waals surface area contributed by atoms with E-state index in [1.54, 1.807) is 12.3 Å². The molecule has 0 saturated heterocycles. The summed E-state index contributed by atoms with van der Waals surface area (Å²) in [5, 5.41) is 4.09. The Morgan fingerprint density at radius 2 is 1.81 bits per heavy atom. The van der Waals surface area contributed by atoms with Crippen molar-refractivity contribution in [3.8, 4) is 40.2 Å². The molecule has 5 rings (SSSR count). The fraction of sp³-hybridized carbons (Fsp3) is 0.0952. The SMILES string of the molecule is c1ccc(Oc2ccc(-c3nc(-c4ccc5c(c4)CCO5)no3)cn2)cc1. The smallest absolute Gasteiger partial charge is 0.259 e. The maximum atomic E-state index is 5.70. The molecule has 3 heterocycles. The first-order chi connectivity index (χ1) is 13.3. The molecule has 0 amide bonds. The predicted octanol–water partition coefficient (Wildman–Crippen LogP) is 4.53. The summed E-state index contributed by atoms with van der Waals surface area (Å²) in [4.78, 5) is 8.80. The van der Waals surface area contributed by atoms with Crippen LogP contribution in [-0.4, -0.2) is 21.7 Å². The largest absolute Gasteiger partial charge is 0.493 e. The molecule has 0 atom stereocenters. The minimum atomic E-state index is 0.417. The summed E-state index contributed by atoms with van der Waals surface area (Å²) in [6.07, 6.45) is 2.56. The Labute approximate surface area is 155 Å². The summed E-state index contributed by atoms with van der Waals surface area (Å²) in [5.41, 5.74) is 2.81. The predicted molar refractivity (Wildman–Crippen MR) is 98.7 cm³/mol. The van der Waals surface area contributed by atoms with Crippen LogP contribution in [0.3, 0.4) is 0 Å². The van der Waals surface area contributed by atoms with Gasteiger partial charge in [-0.2, -0.15) is 4.98 Å². The van der Waals surface area contributed by atoms with Gasteiger partial charge in [0.05, 0.1) is 12.2 Å². The van der Waals surface area contributed by atoms with E-state index in [-0.39, 0.29) is 0 Å². The van der Waals surface area contributed by atoms with Gasteiger partial charge in [-0.15, -0.1) is 0 Å². The van der Waals surface area contributed by atoms with Crippen molar-refractivity contribution in [2.75, 3.05) is 6.61 Å². The average Bonchev–Trinajstić information content (AvgIpc) is 3.38. The van der Waals surface area contributed by atoms with E-state index in [1.807, 2.05) is 54.6 Å². The van der Waals surface area contributed by atoms with Crippen molar-refractivity contribution >= 4 is 0 Å². The summed E-state index contributed by atoms with van der Waals surface area (Å²) in [5.74, 6) is 3.13. The second-order valence-corrected chi connectivity index (χ2v) is 6.14. The molecule has 6 nitrogen and oxygen atoms in total. The Hall–Kier alpha value is -3.67. The van der Waals surface area contributed by atoms with Crippen LogP contribution >= 0.6 is 0 Å². The third-order valence-corrected chi connectivity index (χ3v) is 4.32. The topological polar surface area (TPSA) is 70.3 Å². The highest BCUT2D eigenvalue weighted by Crippen LogP contribution is 2.30. The molecule has 132 valence electrons. The van der Waals surface area contributed by atoms with Crippen molar-refractivity contribution < 1.29 is 14.0 Å². The number of ether oxygens (including phenoxy) is 2. The third kappa shape index (κ3) is 3.13. The highest BCUT2D eigenvalue weighted by molar-refractivity contribution is 5.62. The van der Waals surface area contributed by atoms with E-state index in [0.717, 1.165) is 35.7 Å². The number of hydrogen-bond acceptors (Lipinski definition) is 6. The first-order valence-electron chi connectivity index (χ1n) is 8.64. The molecule has 0 unspecified atom stereocenters. The van der Waals surface area contributed by atoms with Crippen LogP contribution < -0.4 is 9.47 Å². The number of fused-ring (bicyclic) bond motifs is 1. The molecular weight excluding hydrogens is 342 g/mol.